The number of hydrogen-bond acceptors (Lipinski definition) is 4. The number of nitrogen functional groups attached to an aromatic ring is 1. The molecule has 0 aromatic carbocycles. The Bertz CT molecular complexity index is 399. The lowest BCUT2D eigenvalue weighted by Crippen LogP contribution is -2.38. The van der Waals surface area contributed by atoms with E-state index in [0.29, 0.717) is 17.2 Å². The summed E-state index contributed by atoms with van der Waals surface area (Å²) in [4.78, 5) is 18.1. The molecule has 0 aliphatic carbocycles. The molecular weight excluding hydrogens is 216 g/mol. The van der Waals surface area contributed by atoms with Gasteiger partial charge < -0.3 is 10.3 Å². The predicted molar refractivity (Wildman–Crippen MR) is 66.3 cm³/mol. The fraction of sp³-hybridized carbons (Fsp3) is 0.500. The SMILES string of the molecule is CC1CCN(C(=O)c2cnccc2NN)CC1. The summed E-state index contributed by atoms with van der Waals surface area (Å²) in [6, 6.07) is 1.71. The third-order valence-electron chi connectivity index (χ3n) is 3.28. The summed E-state index contributed by atoms with van der Waals surface area (Å²) in [6.07, 6.45) is 5.31. The molecule has 1 saturated heterocycles. The first kappa shape index (κ1) is 11.9. The number of hydrogen-bond donors (Lipinski definition) is 2. The molecule has 5 heteroatoms. The number of nitrogens with zero attached hydrogens (tertiary/aromatic N) is 2. The summed E-state index contributed by atoms with van der Waals surface area (Å²) >= 11 is 0. The molecule has 0 saturated carbocycles. The highest BCUT2D eigenvalue weighted by molar-refractivity contribution is 5.99. The van der Waals surface area contributed by atoms with Crippen LogP contribution in [0.1, 0.15) is 30.1 Å². The van der Waals surface area contributed by atoms with Crippen molar-refractivity contribution in [2.24, 2.45) is 11.8 Å². The smallest absolute Gasteiger partial charge is 0.257 e. The summed E-state index contributed by atoms with van der Waals surface area (Å²) in [5, 5.41) is 0. The molecule has 0 atom stereocenters. The molecule has 0 unspecified atom stereocenters. The van der Waals surface area contributed by atoms with Gasteiger partial charge in [0.2, 0.25) is 0 Å². The number of piperidine rings is 1. The van der Waals surface area contributed by atoms with Crippen LogP contribution in [-0.2, 0) is 0 Å². The summed E-state index contributed by atoms with van der Waals surface area (Å²) in [7, 11) is 0. The Kier molecular flexibility index (Phi) is 3.58. The molecule has 0 spiro atoms. The normalized spacial score (nSPS) is 16.9. The number of aromatic nitrogens is 1. The van der Waals surface area contributed by atoms with Gasteiger partial charge in [0.05, 0.1) is 11.3 Å². The van der Waals surface area contributed by atoms with Gasteiger partial charge in [-0.1, -0.05) is 6.92 Å². The van der Waals surface area contributed by atoms with E-state index in [-0.39, 0.29) is 5.91 Å². The van der Waals surface area contributed by atoms with Crippen LogP contribution in [0.2, 0.25) is 0 Å². The zero-order valence-electron chi connectivity index (χ0n) is 10.0. The fourth-order valence-electron chi connectivity index (χ4n) is 2.07. The number of pyridine rings is 1. The average Bonchev–Trinajstić information content (AvgIpc) is 2.39. The Labute approximate surface area is 101 Å². The van der Waals surface area contributed by atoms with Crippen LogP contribution < -0.4 is 11.3 Å². The molecule has 0 radical (unpaired) electrons. The summed E-state index contributed by atoms with van der Waals surface area (Å²) in [6.45, 7) is 3.86. The van der Waals surface area contributed by atoms with Crippen LogP contribution >= 0.6 is 0 Å². The number of carbonyl (C=O) groups is 1. The van der Waals surface area contributed by atoms with E-state index in [1.54, 1.807) is 18.5 Å². The van der Waals surface area contributed by atoms with Gasteiger partial charge in [0.15, 0.2) is 0 Å². The van der Waals surface area contributed by atoms with Gasteiger partial charge in [-0.05, 0) is 24.8 Å². The zero-order chi connectivity index (χ0) is 12.3. The average molecular weight is 234 g/mol. The molecule has 2 heterocycles. The highest BCUT2D eigenvalue weighted by atomic mass is 16.2. The van der Waals surface area contributed by atoms with Gasteiger partial charge >= 0.3 is 0 Å². The van der Waals surface area contributed by atoms with Gasteiger partial charge in [0.1, 0.15) is 0 Å². The number of nitrogens with two attached hydrogens (primary N) is 1. The Balaban J connectivity index is 2.14. The standard InChI is InChI=1S/C12H18N4O/c1-9-3-6-16(7-4-9)12(17)10-8-14-5-2-11(10)15-13/h2,5,8-9H,3-4,6-7,13H2,1H3,(H,14,15). The van der Waals surface area contributed by atoms with E-state index in [1.807, 2.05) is 4.90 Å². The van der Waals surface area contributed by atoms with Crippen molar-refractivity contribution in [1.29, 1.82) is 0 Å². The lowest BCUT2D eigenvalue weighted by atomic mass is 9.98. The maximum absolute atomic E-state index is 12.3. The fourth-order valence-corrected chi connectivity index (χ4v) is 2.07. The molecule has 17 heavy (non-hydrogen) atoms. The van der Waals surface area contributed by atoms with E-state index in [9.17, 15) is 4.79 Å². The van der Waals surface area contributed by atoms with Gasteiger partial charge in [-0.2, -0.15) is 0 Å². The lowest BCUT2D eigenvalue weighted by molar-refractivity contribution is 0.0698. The number of hydrazine groups is 1. The molecule has 3 N–H and O–H groups in total. The summed E-state index contributed by atoms with van der Waals surface area (Å²) in [5.41, 5.74) is 3.71. The number of carbonyl (C=O) groups excluding carboxylic acids is 1. The highest BCUT2D eigenvalue weighted by Crippen LogP contribution is 2.20. The van der Waals surface area contributed by atoms with Crippen molar-refractivity contribution in [1.82, 2.24) is 9.88 Å². The molecule has 0 bridgehead atoms. The van der Waals surface area contributed by atoms with Gasteiger partial charge in [-0.15, -0.1) is 0 Å². The van der Waals surface area contributed by atoms with Crippen molar-refractivity contribution < 1.29 is 4.79 Å². The lowest BCUT2D eigenvalue weighted by Gasteiger charge is -2.30. The Morgan fingerprint density at radius 1 is 1.53 bits per heavy atom. The molecular formula is C12H18N4O. The topological polar surface area (TPSA) is 71.2 Å². The quantitative estimate of drug-likeness (QED) is 0.596. The van der Waals surface area contributed by atoms with Gasteiger partial charge in [0, 0.05) is 25.5 Å². The van der Waals surface area contributed by atoms with E-state index < -0.39 is 0 Å². The molecule has 1 fully saturated rings. The Morgan fingerprint density at radius 3 is 2.88 bits per heavy atom. The molecule has 1 amide bonds. The summed E-state index contributed by atoms with van der Waals surface area (Å²) in [5.74, 6) is 6.11. The largest absolute Gasteiger partial charge is 0.339 e. The number of nitrogens with one attached hydrogen (secondary N) is 1. The minimum atomic E-state index is 0.0120. The first-order valence-electron chi connectivity index (χ1n) is 5.92. The van der Waals surface area contributed by atoms with Gasteiger partial charge in [0.25, 0.3) is 5.91 Å². The van der Waals surface area contributed by atoms with Crippen molar-refractivity contribution in [3.05, 3.63) is 24.0 Å². The molecule has 5 nitrogen and oxygen atoms in total. The molecule has 1 aromatic rings. The van der Waals surface area contributed by atoms with Gasteiger partial charge in [-0.3, -0.25) is 15.6 Å². The number of anilines is 1. The van der Waals surface area contributed by atoms with Crippen LogP contribution in [0.25, 0.3) is 0 Å². The second-order valence-electron chi connectivity index (χ2n) is 4.54. The Hall–Kier alpha value is -1.62. The van der Waals surface area contributed by atoms with E-state index >= 15 is 0 Å². The maximum atomic E-state index is 12.3. The van der Waals surface area contributed by atoms with E-state index in [0.717, 1.165) is 25.9 Å². The first-order chi connectivity index (χ1) is 8.22. The van der Waals surface area contributed by atoms with Crippen molar-refractivity contribution in [3.8, 4) is 0 Å². The zero-order valence-corrected chi connectivity index (χ0v) is 10.0. The second-order valence-corrected chi connectivity index (χ2v) is 4.54. The van der Waals surface area contributed by atoms with E-state index in [2.05, 4.69) is 17.3 Å². The van der Waals surface area contributed by atoms with Crippen molar-refractivity contribution in [3.63, 3.8) is 0 Å². The molecule has 1 aliphatic rings. The third kappa shape index (κ3) is 2.55. The van der Waals surface area contributed by atoms with Crippen molar-refractivity contribution in [2.45, 2.75) is 19.8 Å². The predicted octanol–water partition coefficient (Wildman–Crippen LogP) is 1.24. The van der Waals surface area contributed by atoms with Crippen molar-refractivity contribution in [2.75, 3.05) is 18.5 Å². The number of likely N-dealkylation sites (tertiary alicyclic amines) is 1. The van der Waals surface area contributed by atoms with Gasteiger partial charge in [-0.25, -0.2) is 0 Å². The van der Waals surface area contributed by atoms with Crippen LogP contribution in [0.15, 0.2) is 18.5 Å². The van der Waals surface area contributed by atoms with E-state index in [1.165, 1.54) is 0 Å². The monoisotopic (exact) mass is 234 g/mol. The third-order valence-corrected chi connectivity index (χ3v) is 3.28. The highest BCUT2D eigenvalue weighted by Gasteiger charge is 2.23. The molecule has 92 valence electrons. The molecule has 1 aromatic heterocycles. The second kappa shape index (κ2) is 5.14. The maximum Gasteiger partial charge on any atom is 0.257 e. The minimum absolute atomic E-state index is 0.0120. The Morgan fingerprint density at radius 2 is 2.24 bits per heavy atom. The van der Waals surface area contributed by atoms with Crippen LogP contribution in [0.5, 0.6) is 0 Å². The first-order valence-corrected chi connectivity index (χ1v) is 5.92. The van der Waals surface area contributed by atoms with E-state index in [4.69, 9.17) is 5.84 Å². The number of amides is 1. The van der Waals surface area contributed by atoms with Crippen LogP contribution in [0.4, 0.5) is 5.69 Å². The molecule has 1 aliphatic heterocycles. The van der Waals surface area contributed by atoms with Crippen LogP contribution in [0, 0.1) is 5.92 Å². The van der Waals surface area contributed by atoms with Crippen molar-refractivity contribution >= 4 is 11.6 Å². The van der Waals surface area contributed by atoms with Crippen LogP contribution in [0.3, 0.4) is 0 Å². The number of rotatable bonds is 2. The summed E-state index contributed by atoms with van der Waals surface area (Å²) < 4.78 is 0. The minimum Gasteiger partial charge on any atom is -0.339 e. The molecule has 2 rings (SSSR count). The van der Waals surface area contributed by atoms with Crippen LogP contribution in [-0.4, -0.2) is 28.9 Å².